The van der Waals surface area contributed by atoms with Gasteiger partial charge in [-0.25, -0.2) is 9.37 Å². The summed E-state index contributed by atoms with van der Waals surface area (Å²) in [4.78, 5) is 15.6. The molecule has 1 aromatic carbocycles. The van der Waals surface area contributed by atoms with Crippen molar-refractivity contribution in [2.75, 3.05) is 17.7 Å². The van der Waals surface area contributed by atoms with Gasteiger partial charge in [0, 0.05) is 11.5 Å². The molecule has 8 heteroatoms. The summed E-state index contributed by atoms with van der Waals surface area (Å²) < 4.78 is 13.7. The van der Waals surface area contributed by atoms with Crippen LogP contribution in [0.25, 0.3) is 11.2 Å². The molecule has 0 radical (unpaired) electrons. The van der Waals surface area contributed by atoms with E-state index in [-0.39, 0.29) is 5.82 Å². The minimum absolute atomic E-state index is 0.312. The number of benzene rings is 1. The van der Waals surface area contributed by atoms with Crippen LogP contribution in [0.15, 0.2) is 29.0 Å². The quantitative estimate of drug-likeness (QED) is 0.685. The third kappa shape index (κ3) is 2.29. The van der Waals surface area contributed by atoms with E-state index in [4.69, 9.17) is 0 Å². The fourth-order valence-corrected chi connectivity index (χ4v) is 2.20. The molecule has 3 rings (SSSR count). The second-order valence-corrected chi connectivity index (χ2v) is 4.85. The molecule has 0 unspecified atom stereocenters. The van der Waals surface area contributed by atoms with E-state index < -0.39 is 0 Å². The van der Waals surface area contributed by atoms with Crippen LogP contribution in [0, 0.1) is 5.82 Å². The molecule has 2 aromatic heterocycles. The maximum atomic E-state index is 13.1. The first kappa shape index (κ1) is 12.8. The molecule has 0 spiro atoms. The van der Waals surface area contributed by atoms with Crippen molar-refractivity contribution in [3.63, 3.8) is 0 Å². The average Bonchev–Trinajstić information content (AvgIpc) is 2.90. The van der Waals surface area contributed by atoms with Crippen LogP contribution in [0.3, 0.4) is 0 Å². The Kier molecular flexibility index (Phi) is 3.23. The predicted molar refractivity (Wildman–Crippen MR) is 78.6 cm³/mol. The van der Waals surface area contributed by atoms with Crippen molar-refractivity contribution >= 4 is 44.5 Å². The lowest BCUT2D eigenvalue weighted by Crippen LogP contribution is -2.02. The standard InChI is InChI=1S/C12H10BrFN6/c1-15-12-19-10-9(16-5-17-10)11(20-12)18-8-3-2-6(14)4-7(8)13/h2-5H,1H3,(H3,15,16,17,18,19,20). The van der Waals surface area contributed by atoms with Crippen LogP contribution in [0.1, 0.15) is 0 Å². The summed E-state index contributed by atoms with van der Waals surface area (Å²) >= 11 is 3.31. The normalized spacial score (nSPS) is 10.8. The summed E-state index contributed by atoms with van der Waals surface area (Å²) in [6.07, 6.45) is 1.55. The van der Waals surface area contributed by atoms with Crippen molar-refractivity contribution in [3.8, 4) is 0 Å². The number of aromatic nitrogens is 4. The van der Waals surface area contributed by atoms with E-state index in [1.807, 2.05) is 0 Å². The largest absolute Gasteiger partial charge is 0.357 e. The summed E-state index contributed by atoms with van der Waals surface area (Å²) in [5.74, 6) is 0.696. The van der Waals surface area contributed by atoms with Gasteiger partial charge in [0.05, 0.1) is 12.0 Å². The summed E-state index contributed by atoms with van der Waals surface area (Å²) in [5.41, 5.74) is 1.92. The molecule has 0 saturated heterocycles. The van der Waals surface area contributed by atoms with Crippen LogP contribution in [0.4, 0.5) is 21.8 Å². The van der Waals surface area contributed by atoms with Gasteiger partial charge < -0.3 is 15.6 Å². The summed E-state index contributed by atoms with van der Waals surface area (Å²) in [7, 11) is 1.73. The predicted octanol–water partition coefficient (Wildman–Crippen LogP) is 3.04. The van der Waals surface area contributed by atoms with Crippen molar-refractivity contribution in [2.24, 2.45) is 0 Å². The smallest absolute Gasteiger partial charge is 0.226 e. The van der Waals surface area contributed by atoms with Gasteiger partial charge in [-0.2, -0.15) is 9.97 Å². The lowest BCUT2D eigenvalue weighted by Gasteiger charge is -2.09. The lowest BCUT2D eigenvalue weighted by atomic mass is 10.3. The van der Waals surface area contributed by atoms with Gasteiger partial charge >= 0.3 is 0 Å². The van der Waals surface area contributed by atoms with Crippen LogP contribution < -0.4 is 10.6 Å². The highest BCUT2D eigenvalue weighted by Gasteiger charge is 2.11. The summed E-state index contributed by atoms with van der Waals surface area (Å²) in [6, 6.07) is 4.38. The van der Waals surface area contributed by atoms with Gasteiger partial charge in [-0.1, -0.05) is 0 Å². The third-order valence-electron chi connectivity index (χ3n) is 2.69. The fourth-order valence-electron chi connectivity index (χ4n) is 1.75. The van der Waals surface area contributed by atoms with Crippen molar-refractivity contribution < 1.29 is 4.39 Å². The van der Waals surface area contributed by atoms with E-state index in [0.717, 1.165) is 0 Å². The highest BCUT2D eigenvalue weighted by Crippen LogP contribution is 2.28. The zero-order valence-electron chi connectivity index (χ0n) is 10.4. The highest BCUT2D eigenvalue weighted by molar-refractivity contribution is 9.10. The number of fused-ring (bicyclic) bond motifs is 1. The summed E-state index contributed by atoms with van der Waals surface area (Å²) in [5, 5.41) is 6.00. The topological polar surface area (TPSA) is 78.5 Å². The van der Waals surface area contributed by atoms with Gasteiger partial charge in [0.1, 0.15) is 11.3 Å². The van der Waals surface area contributed by atoms with Crippen molar-refractivity contribution in [3.05, 3.63) is 34.8 Å². The Morgan fingerprint density at radius 3 is 2.90 bits per heavy atom. The molecule has 0 aliphatic carbocycles. The number of nitrogens with one attached hydrogen (secondary N) is 3. The first-order chi connectivity index (χ1) is 9.67. The number of H-pyrrole nitrogens is 1. The van der Waals surface area contributed by atoms with Crippen LogP contribution in [0.5, 0.6) is 0 Å². The van der Waals surface area contributed by atoms with E-state index in [0.29, 0.717) is 33.1 Å². The molecule has 20 heavy (non-hydrogen) atoms. The lowest BCUT2D eigenvalue weighted by molar-refractivity contribution is 0.627. The van der Waals surface area contributed by atoms with Gasteiger partial charge in [0.25, 0.3) is 0 Å². The first-order valence-electron chi connectivity index (χ1n) is 5.78. The number of hydrogen-bond donors (Lipinski definition) is 3. The number of aromatic amines is 1. The van der Waals surface area contributed by atoms with Crippen LogP contribution in [-0.4, -0.2) is 27.0 Å². The number of rotatable bonds is 3. The molecule has 3 N–H and O–H groups in total. The Morgan fingerprint density at radius 2 is 2.15 bits per heavy atom. The van der Waals surface area contributed by atoms with Gasteiger partial charge in [0.15, 0.2) is 11.5 Å². The molecule has 0 aliphatic heterocycles. The minimum Gasteiger partial charge on any atom is -0.357 e. The van der Waals surface area contributed by atoms with E-state index >= 15 is 0 Å². The minimum atomic E-state index is -0.312. The number of hydrogen-bond acceptors (Lipinski definition) is 5. The van der Waals surface area contributed by atoms with Gasteiger partial charge in [-0.3, -0.25) is 0 Å². The zero-order chi connectivity index (χ0) is 14.1. The molecular formula is C12H10BrFN6. The molecule has 0 saturated carbocycles. The molecule has 0 amide bonds. The molecule has 0 atom stereocenters. The molecule has 0 aliphatic rings. The Balaban J connectivity index is 2.07. The SMILES string of the molecule is CNc1nc(Nc2ccc(F)cc2Br)c2[nH]cnc2n1. The van der Waals surface area contributed by atoms with E-state index in [1.165, 1.54) is 12.1 Å². The Morgan fingerprint density at radius 1 is 1.30 bits per heavy atom. The van der Waals surface area contributed by atoms with Crippen molar-refractivity contribution in [2.45, 2.75) is 0 Å². The van der Waals surface area contributed by atoms with Gasteiger partial charge in [0.2, 0.25) is 5.95 Å². The monoisotopic (exact) mass is 336 g/mol. The van der Waals surface area contributed by atoms with Crippen molar-refractivity contribution in [1.29, 1.82) is 0 Å². The van der Waals surface area contributed by atoms with E-state index in [1.54, 1.807) is 19.4 Å². The zero-order valence-corrected chi connectivity index (χ0v) is 12.0. The number of nitrogens with zero attached hydrogens (tertiary/aromatic N) is 3. The van der Waals surface area contributed by atoms with Gasteiger partial charge in [-0.15, -0.1) is 0 Å². The van der Waals surface area contributed by atoms with Crippen LogP contribution >= 0.6 is 15.9 Å². The molecular weight excluding hydrogens is 327 g/mol. The van der Waals surface area contributed by atoms with Crippen molar-refractivity contribution in [1.82, 2.24) is 19.9 Å². The Labute approximate surface area is 122 Å². The van der Waals surface area contributed by atoms with Crippen LogP contribution in [-0.2, 0) is 0 Å². The Bertz CT molecular complexity index is 772. The number of anilines is 3. The second kappa shape index (κ2) is 5.04. The molecule has 2 heterocycles. The van der Waals surface area contributed by atoms with Gasteiger partial charge in [-0.05, 0) is 34.1 Å². The number of imidazole rings is 1. The third-order valence-corrected chi connectivity index (χ3v) is 3.35. The molecule has 3 aromatic rings. The van der Waals surface area contributed by atoms with Crippen LogP contribution in [0.2, 0.25) is 0 Å². The second-order valence-electron chi connectivity index (χ2n) is 4.00. The molecule has 0 fully saturated rings. The Hall–Kier alpha value is -2.22. The highest BCUT2D eigenvalue weighted by atomic mass is 79.9. The number of halogens is 2. The molecule has 0 bridgehead atoms. The molecule has 6 nitrogen and oxygen atoms in total. The maximum Gasteiger partial charge on any atom is 0.226 e. The van der Waals surface area contributed by atoms with E-state index in [2.05, 4.69) is 46.5 Å². The maximum absolute atomic E-state index is 13.1. The molecule has 102 valence electrons. The fraction of sp³-hybridized carbons (Fsp3) is 0.0833. The average molecular weight is 337 g/mol. The van der Waals surface area contributed by atoms with E-state index in [9.17, 15) is 4.39 Å². The summed E-state index contributed by atoms with van der Waals surface area (Å²) in [6.45, 7) is 0. The first-order valence-corrected chi connectivity index (χ1v) is 6.57.